The first-order chi connectivity index (χ1) is 6.24. The van der Waals surface area contributed by atoms with E-state index in [-0.39, 0.29) is 12.4 Å². The van der Waals surface area contributed by atoms with Gasteiger partial charge in [-0.2, -0.15) is 0 Å². The molecule has 0 saturated carbocycles. The highest BCUT2D eigenvalue weighted by molar-refractivity contribution is 9.10. The average molecular weight is 245 g/mol. The average Bonchev–Trinajstić information content (AvgIpc) is 2.11. The lowest BCUT2D eigenvalue weighted by Gasteiger charge is -1.97. The number of halogens is 2. The summed E-state index contributed by atoms with van der Waals surface area (Å²) in [6.45, 7) is 0.0894. The molecule has 0 heterocycles. The van der Waals surface area contributed by atoms with Crippen molar-refractivity contribution in [3.63, 3.8) is 0 Å². The van der Waals surface area contributed by atoms with Crippen molar-refractivity contribution in [3.8, 4) is 0 Å². The number of aliphatic hydroxyl groups excluding tert-OH is 1. The van der Waals surface area contributed by atoms with Crippen molar-refractivity contribution in [2.24, 2.45) is 0 Å². The molecule has 0 aliphatic carbocycles. The van der Waals surface area contributed by atoms with Crippen LogP contribution in [0.2, 0.25) is 0 Å². The lowest BCUT2D eigenvalue weighted by molar-refractivity contribution is 0.303. The molecule has 0 atom stereocenters. The van der Waals surface area contributed by atoms with Crippen molar-refractivity contribution < 1.29 is 9.50 Å². The molecule has 70 valence electrons. The zero-order valence-corrected chi connectivity index (χ0v) is 8.59. The molecule has 0 aliphatic heterocycles. The van der Waals surface area contributed by atoms with Gasteiger partial charge in [0.05, 0.1) is 0 Å². The van der Waals surface area contributed by atoms with Crippen LogP contribution in [-0.2, 0) is 0 Å². The Hall–Kier alpha value is -0.670. The molecule has 0 spiro atoms. The Balaban J connectivity index is 2.81. The predicted octanol–water partition coefficient (Wildman–Crippen LogP) is 2.98. The summed E-state index contributed by atoms with van der Waals surface area (Å²) < 4.78 is 13.9. The van der Waals surface area contributed by atoms with E-state index in [4.69, 9.17) is 5.11 Å². The summed E-state index contributed by atoms with van der Waals surface area (Å²) in [4.78, 5) is 0. The van der Waals surface area contributed by atoms with Crippen LogP contribution in [0.25, 0.3) is 6.08 Å². The number of rotatable bonds is 3. The van der Waals surface area contributed by atoms with E-state index in [1.165, 1.54) is 6.07 Å². The van der Waals surface area contributed by atoms with Crippen molar-refractivity contribution in [2.45, 2.75) is 6.42 Å². The van der Waals surface area contributed by atoms with Gasteiger partial charge in [0.15, 0.2) is 0 Å². The fraction of sp³-hybridized carbons (Fsp3) is 0.200. The zero-order chi connectivity index (χ0) is 9.68. The summed E-state index contributed by atoms with van der Waals surface area (Å²) in [5.41, 5.74) is 0.530. The highest BCUT2D eigenvalue weighted by Gasteiger charge is 1.97. The second-order valence-electron chi connectivity index (χ2n) is 2.58. The molecule has 0 fully saturated rings. The molecule has 0 unspecified atom stereocenters. The second kappa shape index (κ2) is 5.14. The van der Waals surface area contributed by atoms with Gasteiger partial charge in [-0.05, 0) is 24.6 Å². The molecule has 3 heteroatoms. The van der Waals surface area contributed by atoms with E-state index in [0.29, 0.717) is 12.0 Å². The van der Waals surface area contributed by atoms with Crippen LogP contribution in [0, 0.1) is 5.82 Å². The number of aliphatic hydroxyl groups is 1. The van der Waals surface area contributed by atoms with Crippen LogP contribution < -0.4 is 0 Å². The normalized spacial score (nSPS) is 11.0. The lowest BCUT2D eigenvalue weighted by Crippen LogP contribution is -1.82. The summed E-state index contributed by atoms with van der Waals surface area (Å²) in [6, 6.07) is 4.75. The Bertz CT molecular complexity index is 310. The maximum atomic E-state index is 13.1. The van der Waals surface area contributed by atoms with Crippen LogP contribution in [-0.4, -0.2) is 11.7 Å². The molecule has 1 nitrogen and oxygen atoms in total. The molecule has 0 aliphatic rings. The van der Waals surface area contributed by atoms with Gasteiger partial charge in [0, 0.05) is 16.6 Å². The molecule has 1 aromatic rings. The number of hydrogen-bond acceptors (Lipinski definition) is 1. The van der Waals surface area contributed by atoms with Gasteiger partial charge in [-0.3, -0.25) is 0 Å². The Morgan fingerprint density at radius 1 is 1.46 bits per heavy atom. The first-order valence-electron chi connectivity index (χ1n) is 3.96. The third-order valence-corrected chi connectivity index (χ3v) is 2.04. The standard InChI is InChI=1S/C10H10BrFO/c11-9-4-5-10(12)8(7-9)3-1-2-6-13/h1,3-5,7,13H,2,6H2. The second-order valence-corrected chi connectivity index (χ2v) is 3.50. The van der Waals surface area contributed by atoms with Crippen molar-refractivity contribution in [1.29, 1.82) is 0 Å². The van der Waals surface area contributed by atoms with Crippen LogP contribution in [0.15, 0.2) is 28.7 Å². The van der Waals surface area contributed by atoms with Gasteiger partial charge in [0.2, 0.25) is 0 Å². The molecule has 0 amide bonds. The molecular weight excluding hydrogens is 235 g/mol. The largest absolute Gasteiger partial charge is 0.396 e. The summed E-state index contributed by atoms with van der Waals surface area (Å²) in [5, 5.41) is 8.51. The van der Waals surface area contributed by atoms with E-state index in [2.05, 4.69) is 15.9 Å². The fourth-order valence-electron chi connectivity index (χ4n) is 0.927. The minimum absolute atomic E-state index is 0.0894. The molecule has 0 saturated heterocycles. The Kier molecular flexibility index (Phi) is 4.12. The van der Waals surface area contributed by atoms with E-state index < -0.39 is 0 Å². The maximum absolute atomic E-state index is 13.1. The monoisotopic (exact) mass is 244 g/mol. The molecule has 0 bridgehead atoms. The SMILES string of the molecule is OCCC=Cc1cc(Br)ccc1F. The van der Waals surface area contributed by atoms with E-state index in [9.17, 15) is 4.39 Å². The Labute approximate surface area is 85.0 Å². The molecule has 1 rings (SSSR count). The number of benzene rings is 1. The van der Waals surface area contributed by atoms with Gasteiger partial charge in [-0.15, -0.1) is 0 Å². The van der Waals surface area contributed by atoms with Crippen molar-refractivity contribution >= 4 is 22.0 Å². The minimum atomic E-state index is -0.252. The van der Waals surface area contributed by atoms with Gasteiger partial charge >= 0.3 is 0 Å². The smallest absolute Gasteiger partial charge is 0.130 e. The van der Waals surface area contributed by atoms with Gasteiger partial charge in [-0.25, -0.2) is 4.39 Å². The Morgan fingerprint density at radius 2 is 2.23 bits per heavy atom. The van der Waals surface area contributed by atoms with Crippen LogP contribution in [0.4, 0.5) is 4.39 Å². The van der Waals surface area contributed by atoms with Gasteiger partial charge in [0.1, 0.15) is 5.82 Å². The molecular formula is C10H10BrFO. The van der Waals surface area contributed by atoms with E-state index >= 15 is 0 Å². The first-order valence-corrected chi connectivity index (χ1v) is 4.76. The van der Waals surface area contributed by atoms with E-state index in [1.54, 1.807) is 24.3 Å². The first kappa shape index (κ1) is 10.4. The van der Waals surface area contributed by atoms with Gasteiger partial charge < -0.3 is 5.11 Å². The van der Waals surface area contributed by atoms with E-state index in [1.807, 2.05) is 0 Å². The van der Waals surface area contributed by atoms with Crippen molar-refractivity contribution in [1.82, 2.24) is 0 Å². The van der Waals surface area contributed by atoms with Gasteiger partial charge in [-0.1, -0.05) is 28.1 Å². The molecule has 0 radical (unpaired) electrons. The van der Waals surface area contributed by atoms with Crippen LogP contribution in [0.5, 0.6) is 0 Å². The maximum Gasteiger partial charge on any atom is 0.130 e. The molecule has 1 N–H and O–H groups in total. The topological polar surface area (TPSA) is 20.2 Å². The highest BCUT2D eigenvalue weighted by atomic mass is 79.9. The summed E-state index contributed by atoms with van der Waals surface area (Å²) >= 11 is 3.26. The van der Waals surface area contributed by atoms with E-state index in [0.717, 1.165) is 4.47 Å². The molecule has 0 aromatic heterocycles. The van der Waals surface area contributed by atoms with Crippen LogP contribution in [0.3, 0.4) is 0 Å². The number of hydrogen-bond donors (Lipinski definition) is 1. The van der Waals surface area contributed by atoms with Crippen LogP contribution in [0.1, 0.15) is 12.0 Å². The van der Waals surface area contributed by atoms with Gasteiger partial charge in [0.25, 0.3) is 0 Å². The zero-order valence-electron chi connectivity index (χ0n) is 7.00. The summed E-state index contributed by atoms with van der Waals surface area (Å²) in [7, 11) is 0. The van der Waals surface area contributed by atoms with Crippen molar-refractivity contribution in [3.05, 3.63) is 40.1 Å². The lowest BCUT2D eigenvalue weighted by atomic mass is 10.2. The highest BCUT2D eigenvalue weighted by Crippen LogP contribution is 2.16. The molecule has 1 aromatic carbocycles. The Morgan fingerprint density at radius 3 is 2.92 bits per heavy atom. The fourth-order valence-corrected chi connectivity index (χ4v) is 1.31. The predicted molar refractivity (Wildman–Crippen MR) is 54.8 cm³/mol. The third kappa shape index (κ3) is 3.28. The molecule has 13 heavy (non-hydrogen) atoms. The third-order valence-electron chi connectivity index (χ3n) is 1.55. The van der Waals surface area contributed by atoms with Crippen molar-refractivity contribution in [2.75, 3.05) is 6.61 Å². The summed E-state index contributed by atoms with van der Waals surface area (Å²) in [6.07, 6.45) is 3.95. The quantitative estimate of drug-likeness (QED) is 0.867. The minimum Gasteiger partial charge on any atom is -0.396 e. The summed E-state index contributed by atoms with van der Waals surface area (Å²) in [5.74, 6) is -0.252. The van der Waals surface area contributed by atoms with Crippen LogP contribution >= 0.6 is 15.9 Å².